The van der Waals surface area contributed by atoms with Crippen molar-refractivity contribution in [1.82, 2.24) is 4.57 Å². The molecule has 32 heavy (non-hydrogen) atoms. The molecular weight excluding hydrogens is 406 g/mol. The second-order valence-corrected chi connectivity index (χ2v) is 9.28. The van der Waals surface area contributed by atoms with E-state index in [1.807, 2.05) is 11.3 Å². The van der Waals surface area contributed by atoms with Crippen LogP contribution in [0.5, 0.6) is 0 Å². The van der Waals surface area contributed by atoms with E-state index in [4.69, 9.17) is 0 Å². The third-order valence-corrected chi connectivity index (χ3v) is 7.53. The number of hydrogen-bond donors (Lipinski definition) is 0. The van der Waals surface area contributed by atoms with Gasteiger partial charge in [-0.15, -0.1) is 11.3 Å². The van der Waals surface area contributed by atoms with Crippen LogP contribution in [0.25, 0.3) is 58.8 Å². The van der Waals surface area contributed by atoms with Gasteiger partial charge in [-0.05, 0) is 53.6 Å². The highest BCUT2D eigenvalue weighted by molar-refractivity contribution is 7.26. The number of benzene rings is 5. The summed E-state index contributed by atoms with van der Waals surface area (Å²) in [6.07, 6.45) is 0. The number of aromatic nitrogens is 1. The first-order chi connectivity index (χ1) is 15.9. The van der Waals surface area contributed by atoms with Gasteiger partial charge in [0.2, 0.25) is 0 Å². The minimum absolute atomic E-state index is 1.20. The largest absolute Gasteiger partial charge is 0.309 e. The van der Waals surface area contributed by atoms with Crippen LogP contribution in [-0.4, -0.2) is 4.57 Å². The number of hydrogen-bond acceptors (Lipinski definition) is 1. The molecule has 0 aliphatic heterocycles. The van der Waals surface area contributed by atoms with Crippen molar-refractivity contribution < 1.29 is 0 Å². The number of thiophene rings is 1. The Balaban J connectivity index is 1.65. The number of para-hydroxylation sites is 2. The lowest BCUT2D eigenvalue weighted by molar-refractivity contribution is 1.18. The highest BCUT2D eigenvalue weighted by Crippen LogP contribution is 2.44. The summed E-state index contributed by atoms with van der Waals surface area (Å²) in [4.78, 5) is 0. The van der Waals surface area contributed by atoms with Crippen molar-refractivity contribution in [3.63, 3.8) is 0 Å². The molecule has 2 heteroatoms. The van der Waals surface area contributed by atoms with Crippen LogP contribution in [0.4, 0.5) is 0 Å². The molecule has 7 rings (SSSR count). The lowest BCUT2D eigenvalue weighted by Crippen LogP contribution is -1.92. The molecule has 0 amide bonds. The maximum atomic E-state index is 2.40. The van der Waals surface area contributed by atoms with Gasteiger partial charge in [-0.3, -0.25) is 0 Å². The predicted molar refractivity (Wildman–Crippen MR) is 139 cm³/mol. The molecule has 2 aromatic heterocycles. The summed E-state index contributed by atoms with van der Waals surface area (Å²) in [6.45, 7) is 0. The van der Waals surface area contributed by atoms with E-state index in [1.165, 1.54) is 58.8 Å². The fourth-order valence-corrected chi connectivity index (χ4v) is 6.09. The molecule has 5 aromatic carbocycles. The van der Waals surface area contributed by atoms with E-state index in [2.05, 4.69) is 120 Å². The molecule has 150 valence electrons. The highest BCUT2D eigenvalue weighted by Gasteiger charge is 2.17. The SMILES string of the molecule is c1ccc(-c2ccc3sc4ccc5c(c6ccccc6n5-c5ccccc5)c4c3c2)cc1. The van der Waals surface area contributed by atoms with Crippen molar-refractivity contribution in [2.75, 3.05) is 0 Å². The molecule has 0 unspecified atom stereocenters. The number of rotatable bonds is 2. The van der Waals surface area contributed by atoms with Crippen LogP contribution in [0.1, 0.15) is 0 Å². The third-order valence-electron chi connectivity index (χ3n) is 6.39. The molecule has 0 spiro atoms. The van der Waals surface area contributed by atoms with Gasteiger partial charge in [-0.25, -0.2) is 0 Å². The quantitative estimate of drug-likeness (QED) is 0.261. The van der Waals surface area contributed by atoms with Crippen molar-refractivity contribution in [3.05, 3.63) is 115 Å². The van der Waals surface area contributed by atoms with Crippen molar-refractivity contribution in [1.29, 1.82) is 0 Å². The molecule has 0 bridgehead atoms. The van der Waals surface area contributed by atoms with Crippen LogP contribution in [0.2, 0.25) is 0 Å². The van der Waals surface area contributed by atoms with Crippen LogP contribution in [0.15, 0.2) is 115 Å². The Morgan fingerprint density at radius 3 is 2.03 bits per heavy atom. The maximum absolute atomic E-state index is 2.40. The van der Waals surface area contributed by atoms with Crippen molar-refractivity contribution in [3.8, 4) is 16.8 Å². The van der Waals surface area contributed by atoms with Gasteiger partial charge in [0.25, 0.3) is 0 Å². The smallest absolute Gasteiger partial charge is 0.0548 e. The lowest BCUT2D eigenvalue weighted by Gasteiger charge is -2.07. The average molecular weight is 426 g/mol. The molecule has 0 N–H and O–H groups in total. The van der Waals surface area contributed by atoms with E-state index >= 15 is 0 Å². The summed E-state index contributed by atoms with van der Waals surface area (Å²) in [5.41, 5.74) is 6.23. The Bertz CT molecular complexity index is 1760. The Hall–Kier alpha value is -3.88. The van der Waals surface area contributed by atoms with Gasteiger partial charge in [-0.1, -0.05) is 72.8 Å². The average Bonchev–Trinajstić information content (AvgIpc) is 3.40. The first kappa shape index (κ1) is 17.8. The summed E-state index contributed by atoms with van der Waals surface area (Å²) in [5, 5.41) is 5.36. The Labute approximate surface area is 189 Å². The van der Waals surface area contributed by atoms with Crippen LogP contribution in [0, 0.1) is 0 Å². The molecule has 1 nitrogen and oxygen atoms in total. The summed E-state index contributed by atoms with van der Waals surface area (Å²) in [6, 6.07) is 41.6. The third kappa shape index (κ3) is 2.50. The van der Waals surface area contributed by atoms with Crippen LogP contribution < -0.4 is 0 Å². The lowest BCUT2D eigenvalue weighted by atomic mass is 10.0. The zero-order valence-corrected chi connectivity index (χ0v) is 18.1. The second kappa shape index (κ2) is 6.81. The minimum atomic E-state index is 1.20. The van der Waals surface area contributed by atoms with E-state index in [9.17, 15) is 0 Å². The van der Waals surface area contributed by atoms with Gasteiger partial charge in [-0.2, -0.15) is 0 Å². The van der Waals surface area contributed by atoms with Gasteiger partial charge in [0.1, 0.15) is 0 Å². The Morgan fingerprint density at radius 1 is 0.469 bits per heavy atom. The number of nitrogens with zero attached hydrogens (tertiary/aromatic N) is 1. The van der Waals surface area contributed by atoms with Gasteiger partial charge in [0.15, 0.2) is 0 Å². The molecule has 0 fully saturated rings. The molecule has 0 saturated carbocycles. The zero-order valence-electron chi connectivity index (χ0n) is 17.3. The topological polar surface area (TPSA) is 4.93 Å². The van der Waals surface area contributed by atoms with Crippen molar-refractivity contribution >= 4 is 53.3 Å². The van der Waals surface area contributed by atoms with Crippen LogP contribution in [-0.2, 0) is 0 Å². The molecule has 0 aliphatic carbocycles. The molecule has 0 atom stereocenters. The van der Waals surface area contributed by atoms with Crippen LogP contribution in [0.3, 0.4) is 0 Å². The summed E-state index contributed by atoms with van der Waals surface area (Å²) < 4.78 is 5.08. The summed E-state index contributed by atoms with van der Waals surface area (Å²) in [7, 11) is 0. The van der Waals surface area contributed by atoms with E-state index in [0.717, 1.165) is 0 Å². The highest BCUT2D eigenvalue weighted by atomic mass is 32.1. The van der Waals surface area contributed by atoms with Gasteiger partial charge < -0.3 is 4.57 Å². The normalized spacial score (nSPS) is 11.8. The minimum Gasteiger partial charge on any atom is -0.309 e. The molecule has 0 radical (unpaired) electrons. The fraction of sp³-hybridized carbons (Fsp3) is 0. The monoisotopic (exact) mass is 425 g/mol. The maximum Gasteiger partial charge on any atom is 0.0548 e. The molecule has 7 aromatic rings. The predicted octanol–water partition coefficient (Wildman–Crippen LogP) is 8.82. The van der Waals surface area contributed by atoms with E-state index < -0.39 is 0 Å². The fourth-order valence-electron chi connectivity index (χ4n) is 4.99. The summed E-state index contributed by atoms with van der Waals surface area (Å²) >= 11 is 1.88. The zero-order chi connectivity index (χ0) is 21.1. The molecule has 2 heterocycles. The van der Waals surface area contributed by atoms with Crippen LogP contribution >= 0.6 is 11.3 Å². The van der Waals surface area contributed by atoms with E-state index in [1.54, 1.807) is 0 Å². The number of fused-ring (bicyclic) bond motifs is 7. The first-order valence-corrected chi connectivity index (χ1v) is 11.7. The molecule has 0 aliphatic rings. The van der Waals surface area contributed by atoms with Crippen molar-refractivity contribution in [2.24, 2.45) is 0 Å². The Kier molecular flexibility index (Phi) is 3.78. The molecule has 0 saturated heterocycles. The van der Waals surface area contributed by atoms with Crippen molar-refractivity contribution in [2.45, 2.75) is 0 Å². The first-order valence-electron chi connectivity index (χ1n) is 10.9. The summed E-state index contributed by atoms with van der Waals surface area (Å²) in [5.74, 6) is 0. The second-order valence-electron chi connectivity index (χ2n) is 8.20. The standard InChI is InChI=1S/C30H19NS/c1-3-9-20(10-4-1)21-15-17-27-24(19-21)30-28(32-27)18-16-26-29(30)23-13-7-8-14-25(23)31(26)22-11-5-2-6-12-22/h1-19H. The van der Waals surface area contributed by atoms with Gasteiger partial charge in [0.05, 0.1) is 11.0 Å². The van der Waals surface area contributed by atoms with E-state index in [0.29, 0.717) is 0 Å². The van der Waals surface area contributed by atoms with Gasteiger partial charge in [0, 0.05) is 36.6 Å². The van der Waals surface area contributed by atoms with Gasteiger partial charge >= 0.3 is 0 Å². The van der Waals surface area contributed by atoms with E-state index in [-0.39, 0.29) is 0 Å². The molecular formula is C30H19NS. The Morgan fingerprint density at radius 2 is 1.19 bits per heavy atom.